The Hall–Kier alpha value is -8.66. The van der Waals surface area contributed by atoms with Crippen molar-refractivity contribution in [1.82, 2.24) is 58.6 Å². The average Bonchev–Trinajstić information content (AvgIpc) is 3.75. The number of alkyl halides is 9. The quantitative estimate of drug-likeness (QED) is 0.0697. The number of rotatable bonds is 9. The molecule has 7 heterocycles. The van der Waals surface area contributed by atoms with Crippen LogP contribution in [0.25, 0.3) is 50.6 Å². The average molecular weight is 971 g/mol. The Bertz CT molecular complexity index is 3310. The molecule has 0 amide bonds. The van der Waals surface area contributed by atoms with Gasteiger partial charge in [-0.1, -0.05) is 12.1 Å². The number of hydrogen-bond donors (Lipinski definition) is 3. The molecule has 29 heteroatoms. The maximum atomic E-state index is 13.0. The predicted molar refractivity (Wildman–Crippen MR) is 226 cm³/mol. The number of furan rings is 1. The summed E-state index contributed by atoms with van der Waals surface area (Å²) in [4.78, 5) is 43.8. The number of halogens is 9. The number of imidazole rings is 3. The lowest BCUT2D eigenvalue weighted by molar-refractivity contribution is -0.384. The highest BCUT2D eigenvalue weighted by Gasteiger charge is 2.39. The van der Waals surface area contributed by atoms with Gasteiger partial charge >= 0.3 is 18.5 Å². The molecule has 20 nitrogen and oxygen atoms in total. The van der Waals surface area contributed by atoms with E-state index >= 15 is 0 Å². The lowest BCUT2D eigenvalue weighted by atomic mass is 10.3. The van der Waals surface area contributed by atoms with Crippen LogP contribution >= 0.6 is 0 Å². The van der Waals surface area contributed by atoms with Gasteiger partial charge < -0.3 is 25.1 Å². The number of nitro benzene ring substituents is 1. The summed E-state index contributed by atoms with van der Waals surface area (Å²) in [6.07, 6.45) is -5.32. The fourth-order valence-electron chi connectivity index (χ4n) is 6.43. The van der Waals surface area contributed by atoms with Crippen LogP contribution in [0, 0.1) is 10.1 Å². The molecule has 10 rings (SSSR count). The molecular weight excluding hydrogens is 940 g/mol. The molecule has 1 saturated carbocycles. The van der Waals surface area contributed by atoms with Crippen LogP contribution < -0.4 is 20.7 Å². The van der Waals surface area contributed by atoms with Gasteiger partial charge in [-0.25, -0.2) is 44.9 Å². The van der Waals surface area contributed by atoms with Crippen LogP contribution in [0.15, 0.2) is 90.5 Å². The zero-order valence-corrected chi connectivity index (χ0v) is 35.4. The summed E-state index contributed by atoms with van der Waals surface area (Å²) < 4.78 is 131. The van der Waals surface area contributed by atoms with E-state index in [2.05, 4.69) is 60.8 Å². The van der Waals surface area contributed by atoms with E-state index in [-0.39, 0.29) is 62.8 Å². The summed E-state index contributed by atoms with van der Waals surface area (Å²) in [5, 5.41) is 19.0. The van der Waals surface area contributed by atoms with Gasteiger partial charge in [0.15, 0.2) is 50.9 Å². The van der Waals surface area contributed by atoms with Crippen molar-refractivity contribution >= 4 is 56.6 Å². The Labute approximate surface area is 379 Å². The van der Waals surface area contributed by atoms with Gasteiger partial charge in [0.25, 0.3) is 5.69 Å². The highest BCUT2D eigenvalue weighted by atomic mass is 19.4. The van der Waals surface area contributed by atoms with Crippen LogP contribution in [-0.4, -0.2) is 90.7 Å². The number of nitro groups is 1. The molecule has 3 N–H and O–H groups in total. The van der Waals surface area contributed by atoms with E-state index in [1.807, 2.05) is 0 Å². The minimum Gasteiger partial charge on any atom is -0.497 e. The van der Waals surface area contributed by atoms with E-state index in [1.54, 1.807) is 30.3 Å². The van der Waals surface area contributed by atoms with Crippen molar-refractivity contribution in [3.63, 3.8) is 0 Å². The molecular formula is C40H31F9N16O4. The first-order valence-corrected chi connectivity index (χ1v) is 19.8. The largest absolute Gasteiger partial charge is 0.497 e. The summed E-state index contributed by atoms with van der Waals surface area (Å²) >= 11 is 0. The van der Waals surface area contributed by atoms with Crippen LogP contribution in [0.4, 0.5) is 62.7 Å². The van der Waals surface area contributed by atoms with Crippen molar-refractivity contribution in [1.29, 1.82) is 0 Å². The second kappa shape index (κ2) is 18.2. The van der Waals surface area contributed by atoms with Crippen molar-refractivity contribution in [2.24, 2.45) is 0 Å². The summed E-state index contributed by atoms with van der Waals surface area (Å²) in [6, 6.07) is 14.0. The molecule has 1 aliphatic rings. The number of nitrogens with one attached hydrogen (secondary N) is 3. The van der Waals surface area contributed by atoms with Crippen LogP contribution in [0.1, 0.15) is 30.3 Å². The topological polar surface area (TPSA) is 232 Å². The first-order valence-electron chi connectivity index (χ1n) is 19.8. The van der Waals surface area contributed by atoms with Crippen molar-refractivity contribution in [3.8, 4) is 22.8 Å². The van der Waals surface area contributed by atoms with E-state index in [0.29, 0.717) is 22.6 Å². The van der Waals surface area contributed by atoms with E-state index in [4.69, 9.17) is 9.15 Å². The minimum atomic E-state index is -4.74. The molecule has 0 atom stereocenters. The van der Waals surface area contributed by atoms with Crippen LogP contribution in [-0.2, 0) is 18.5 Å². The molecule has 2 aromatic carbocycles. The SMILES string of the molecule is CNc1nc(C(F)(F)F)nc2c1ncn2-c1cccc(OC)c1.CNc1nc(C(F)(F)F)nc2c1ncn2-c1cccc([N+](=O)[O-])c1.FC(F)(F)c1nc(NC2CC2)c2ncn(-c3ccoc3)c2n1. The number of fused-ring (bicyclic) bond motifs is 3. The first kappa shape index (κ1) is 46.9. The second-order valence-corrected chi connectivity index (χ2v) is 14.4. The lowest BCUT2D eigenvalue weighted by Crippen LogP contribution is -2.15. The number of benzene rings is 2. The highest BCUT2D eigenvalue weighted by molar-refractivity contribution is 5.86. The van der Waals surface area contributed by atoms with Crippen molar-refractivity contribution in [2.45, 2.75) is 37.4 Å². The maximum absolute atomic E-state index is 13.0. The highest BCUT2D eigenvalue weighted by Crippen LogP contribution is 2.35. The Balaban J connectivity index is 0.000000140. The third-order valence-electron chi connectivity index (χ3n) is 9.78. The number of methoxy groups -OCH3 is 1. The van der Waals surface area contributed by atoms with Crippen LogP contribution in [0.3, 0.4) is 0 Å². The number of ether oxygens (including phenoxy) is 1. The van der Waals surface area contributed by atoms with Crippen molar-refractivity contribution in [3.05, 3.63) is 114 Å². The first-order chi connectivity index (χ1) is 32.8. The zero-order valence-electron chi connectivity index (χ0n) is 35.4. The van der Waals surface area contributed by atoms with Crippen LogP contribution in [0.2, 0.25) is 0 Å². The molecule has 358 valence electrons. The molecule has 0 saturated heterocycles. The summed E-state index contributed by atoms with van der Waals surface area (Å²) in [7, 11) is 4.40. The van der Waals surface area contributed by atoms with Gasteiger partial charge in [-0.2, -0.15) is 39.5 Å². The molecule has 0 bridgehead atoms. The molecule has 1 aliphatic carbocycles. The Morgan fingerprint density at radius 1 is 0.638 bits per heavy atom. The smallest absolute Gasteiger partial charge is 0.451 e. The second-order valence-electron chi connectivity index (χ2n) is 14.4. The minimum absolute atomic E-state index is 0.0176. The summed E-state index contributed by atoms with van der Waals surface area (Å²) in [6.45, 7) is 0. The van der Waals surface area contributed by atoms with Gasteiger partial charge in [0.05, 0.1) is 35.4 Å². The molecule has 69 heavy (non-hydrogen) atoms. The lowest BCUT2D eigenvalue weighted by Gasteiger charge is -2.10. The third-order valence-corrected chi connectivity index (χ3v) is 9.78. The Morgan fingerprint density at radius 3 is 1.51 bits per heavy atom. The van der Waals surface area contributed by atoms with Gasteiger partial charge in [-0.3, -0.25) is 23.8 Å². The number of aromatic nitrogens is 12. The maximum Gasteiger partial charge on any atom is 0.451 e. The van der Waals surface area contributed by atoms with Crippen LogP contribution in [0.5, 0.6) is 5.75 Å². The van der Waals surface area contributed by atoms with E-state index < -0.39 is 40.9 Å². The fourth-order valence-corrected chi connectivity index (χ4v) is 6.43. The van der Waals surface area contributed by atoms with E-state index in [9.17, 15) is 49.6 Å². The monoisotopic (exact) mass is 970 g/mol. The summed E-state index contributed by atoms with van der Waals surface area (Å²) in [5.74, 6) is -3.12. The summed E-state index contributed by atoms with van der Waals surface area (Å²) in [5.41, 5.74) is 1.92. The Kier molecular flexibility index (Phi) is 12.4. The van der Waals surface area contributed by atoms with Gasteiger partial charge in [0, 0.05) is 44.4 Å². The molecule has 0 spiro atoms. The van der Waals surface area contributed by atoms with E-state index in [1.165, 1.54) is 90.7 Å². The fraction of sp³-hybridized carbons (Fsp3) is 0.225. The molecule has 9 aromatic rings. The molecule has 0 aliphatic heterocycles. The normalized spacial score (nSPS) is 12.9. The molecule has 7 aromatic heterocycles. The van der Waals surface area contributed by atoms with Gasteiger partial charge in [-0.15, -0.1) is 0 Å². The van der Waals surface area contributed by atoms with Gasteiger partial charge in [0.1, 0.15) is 31.0 Å². The van der Waals surface area contributed by atoms with Crippen molar-refractivity contribution < 1.29 is 53.6 Å². The third kappa shape index (κ3) is 9.91. The Morgan fingerprint density at radius 2 is 1.09 bits per heavy atom. The standard InChI is InChI=1S/C14H12F3N5O.C13H9F3N6O2.C13H10F3N5O/c1-18-11-10-12(21-13(20-11)14(15,16)17)22(7-19-10)8-4-3-5-9(6-8)23-2;1-17-10-9-11(20-12(19-10)13(14,15)16)21(6-18-9)7-3-2-4-8(5-7)22(23)24;14-13(15,16)12-19-10(18-7-1-2-7)9-11(20-12)21(6-17-9)8-3-4-22-5-8/h3-7H,1-2H3,(H,18,20,21);2-6H,1H3,(H,17,19,20);3-7H,1-2H2,(H,18,19,20). The van der Waals surface area contributed by atoms with E-state index in [0.717, 1.165) is 12.8 Å². The number of non-ortho nitro benzene ring substituents is 1. The van der Waals surface area contributed by atoms with Crippen molar-refractivity contribution in [2.75, 3.05) is 37.2 Å². The molecule has 0 unspecified atom stereocenters. The number of nitrogens with zero attached hydrogens (tertiary/aromatic N) is 13. The van der Waals surface area contributed by atoms with Gasteiger partial charge in [0.2, 0.25) is 17.5 Å². The zero-order chi connectivity index (χ0) is 49.4. The molecule has 0 radical (unpaired) electrons. The predicted octanol–water partition coefficient (Wildman–Crippen LogP) is 8.67. The number of anilines is 3. The molecule has 1 fully saturated rings. The number of hydrogen-bond acceptors (Lipinski definition) is 16. The van der Waals surface area contributed by atoms with Gasteiger partial charge in [-0.05, 0) is 31.0 Å².